The minimum Gasteiger partial charge on any atom is -0.486 e. The molecule has 1 atom stereocenters. The summed E-state index contributed by atoms with van der Waals surface area (Å²) < 4.78 is 22.5. The number of amides is 2. The van der Waals surface area contributed by atoms with E-state index in [-0.39, 0.29) is 36.8 Å². The van der Waals surface area contributed by atoms with Crippen LogP contribution in [0.3, 0.4) is 0 Å². The van der Waals surface area contributed by atoms with E-state index >= 15 is 0 Å². The van der Waals surface area contributed by atoms with Gasteiger partial charge in [-0.3, -0.25) is 9.59 Å². The zero-order valence-electron chi connectivity index (χ0n) is 22.0. The first-order valence-corrected chi connectivity index (χ1v) is 13.1. The van der Waals surface area contributed by atoms with Crippen molar-refractivity contribution < 1.29 is 27.6 Å². The van der Waals surface area contributed by atoms with Crippen molar-refractivity contribution in [1.82, 2.24) is 10.2 Å². The van der Waals surface area contributed by atoms with Crippen molar-refractivity contribution in [2.45, 2.75) is 32.5 Å². The number of nitrogens with one attached hydrogen (secondary N) is 1. The van der Waals surface area contributed by atoms with Gasteiger partial charge in [-0.1, -0.05) is 35.9 Å². The maximum Gasteiger partial charge on any atom is 0.290 e. The minimum atomic E-state index is -0.334. The summed E-state index contributed by atoms with van der Waals surface area (Å²) in [6, 6.07) is 24.2. The van der Waals surface area contributed by atoms with Gasteiger partial charge in [-0.25, -0.2) is 0 Å². The van der Waals surface area contributed by atoms with Crippen LogP contribution < -0.4 is 10.1 Å². The van der Waals surface area contributed by atoms with E-state index in [1.165, 1.54) is 6.26 Å². The number of furan rings is 3. The lowest BCUT2D eigenvalue weighted by Crippen LogP contribution is -2.40. The first-order valence-electron chi connectivity index (χ1n) is 13.1. The Labute approximate surface area is 231 Å². The normalized spacial score (nSPS) is 14.5. The highest BCUT2D eigenvalue weighted by Crippen LogP contribution is 2.38. The Morgan fingerprint density at radius 3 is 2.60 bits per heavy atom. The van der Waals surface area contributed by atoms with E-state index in [0.717, 1.165) is 28.7 Å². The van der Waals surface area contributed by atoms with Crippen molar-refractivity contribution in [3.63, 3.8) is 0 Å². The van der Waals surface area contributed by atoms with Gasteiger partial charge in [0, 0.05) is 6.54 Å². The molecule has 4 heterocycles. The van der Waals surface area contributed by atoms with Crippen molar-refractivity contribution in [2.75, 3.05) is 6.54 Å². The van der Waals surface area contributed by atoms with E-state index in [1.54, 1.807) is 42.7 Å². The fourth-order valence-electron chi connectivity index (χ4n) is 5.04. The van der Waals surface area contributed by atoms with E-state index in [9.17, 15) is 9.59 Å². The van der Waals surface area contributed by atoms with Crippen LogP contribution >= 0.6 is 0 Å². The third-order valence-electron chi connectivity index (χ3n) is 6.97. The van der Waals surface area contributed by atoms with E-state index in [2.05, 4.69) is 17.4 Å². The monoisotopic (exact) mass is 536 g/mol. The second-order valence-electron chi connectivity index (χ2n) is 9.72. The molecule has 3 aromatic heterocycles. The Balaban J connectivity index is 1.21. The van der Waals surface area contributed by atoms with Gasteiger partial charge in [-0.15, -0.1) is 0 Å². The number of nitrogens with zero attached hydrogens (tertiary/aromatic N) is 1. The topological polar surface area (TPSA) is 98.1 Å². The summed E-state index contributed by atoms with van der Waals surface area (Å²) in [7, 11) is 0. The van der Waals surface area contributed by atoms with E-state index in [0.29, 0.717) is 29.6 Å². The van der Waals surface area contributed by atoms with Crippen LogP contribution in [0, 0.1) is 6.92 Å². The second-order valence-corrected chi connectivity index (χ2v) is 9.72. The Morgan fingerprint density at radius 2 is 1.80 bits per heavy atom. The van der Waals surface area contributed by atoms with Gasteiger partial charge in [-0.05, 0) is 78.6 Å². The predicted octanol–water partition coefficient (Wildman–Crippen LogP) is 6.07. The molecule has 6 rings (SSSR count). The fraction of sp³-hybridized carbons (Fsp3) is 0.188. The maximum absolute atomic E-state index is 13.5. The molecule has 8 heteroatoms. The predicted molar refractivity (Wildman–Crippen MR) is 146 cm³/mol. The highest BCUT2D eigenvalue weighted by Gasteiger charge is 2.34. The summed E-state index contributed by atoms with van der Waals surface area (Å²) in [6.45, 7) is 3.03. The van der Waals surface area contributed by atoms with Crippen LogP contribution in [0.15, 0.2) is 105 Å². The van der Waals surface area contributed by atoms with Crippen molar-refractivity contribution in [2.24, 2.45) is 0 Å². The zero-order valence-corrected chi connectivity index (χ0v) is 22.0. The summed E-state index contributed by atoms with van der Waals surface area (Å²) in [5.74, 6) is 1.84. The molecule has 2 aromatic carbocycles. The van der Waals surface area contributed by atoms with E-state index in [4.69, 9.17) is 18.0 Å². The van der Waals surface area contributed by atoms with Crippen LogP contribution in [0.25, 0.3) is 0 Å². The minimum absolute atomic E-state index is 0.147. The highest BCUT2D eigenvalue weighted by molar-refractivity contribution is 5.92. The molecule has 1 aliphatic heterocycles. The van der Waals surface area contributed by atoms with Crippen molar-refractivity contribution in [3.05, 3.63) is 137 Å². The molecule has 8 nitrogen and oxygen atoms in total. The summed E-state index contributed by atoms with van der Waals surface area (Å²) in [5, 5.41) is 2.76. The Morgan fingerprint density at radius 1 is 0.925 bits per heavy atom. The standard InChI is InChI=1S/C32H28N2O6/c1-21-5-2-6-23(17-21)30-27-18-24(10-9-22(27)13-14-34(30)32(36)29-8-4-16-38-29)39-20-26-11-12-28(40-26)31(35)33-19-25-7-3-15-37-25/h2-12,15-18,30H,13-14,19-20H2,1H3,(H,33,35). The molecule has 2 amide bonds. The van der Waals surface area contributed by atoms with Gasteiger partial charge >= 0.3 is 0 Å². The van der Waals surface area contributed by atoms with Gasteiger partial charge in [0.05, 0.1) is 25.1 Å². The van der Waals surface area contributed by atoms with Crippen LogP contribution in [0.2, 0.25) is 0 Å². The molecular weight excluding hydrogens is 508 g/mol. The summed E-state index contributed by atoms with van der Waals surface area (Å²) in [4.78, 5) is 27.7. The molecular formula is C32H28N2O6. The molecule has 40 heavy (non-hydrogen) atoms. The van der Waals surface area contributed by atoms with Gasteiger partial charge in [0.15, 0.2) is 11.5 Å². The molecule has 5 aromatic rings. The van der Waals surface area contributed by atoms with Crippen LogP contribution in [0.1, 0.15) is 60.9 Å². The lowest BCUT2D eigenvalue weighted by atomic mass is 9.87. The Kier molecular flexibility index (Phi) is 6.97. The molecule has 0 bridgehead atoms. The summed E-state index contributed by atoms with van der Waals surface area (Å²) in [6.07, 6.45) is 3.79. The molecule has 0 saturated heterocycles. The first-order chi connectivity index (χ1) is 19.5. The number of rotatable bonds is 8. The van der Waals surface area contributed by atoms with Gasteiger partial charge in [-0.2, -0.15) is 0 Å². The van der Waals surface area contributed by atoms with Crippen molar-refractivity contribution >= 4 is 11.8 Å². The molecule has 0 fully saturated rings. The molecule has 0 saturated carbocycles. The third kappa shape index (κ3) is 5.29. The second kappa shape index (κ2) is 11.0. The molecule has 0 spiro atoms. The average Bonchev–Trinajstić information content (AvgIpc) is 3.77. The maximum atomic E-state index is 13.5. The number of aryl methyl sites for hydroxylation is 1. The van der Waals surface area contributed by atoms with Crippen LogP contribution in [0.5, 0.6) is 5.75 Å². The molecule has 1 aliphatic rings. The van der Waals surface area contributed by atoms with Gasteiger partial charge in [0.2, 0.25) is 0 Å². The number of hydrogen-bond donors (Lipinski definition) is 1. The van der Waals surface area contributed by atoms with Gasteiger partial charge < -0.3 is 28.2 Å². The summed E-state index contributed by atoms with van der Waals surface area (Å²) in [5.41, 5.74) is 4.31. The van der Waals surface area contributed by atoms with Crippen molar-refractivity contribution in [1.29, 1.82) is 0 Å². The molecule has 1 N–H and O–H groups in total. The highest BCUT2D eigenvalue weighted by atomic mass is 16.5. The van der Waals surface area contributed by atoms with Gasteiger partial charge in [0.25, 0.3) is 11.8 Å². The van der Waals surface area contributed by atoms with Gasteiger partial charge in [0.1, 0.15) is 23.9 Å². The average molecular weight is 537 g/mol. The Bertz CT molecular complexity index is 1620. The Hall–Kier alpha value is -4.98. The number of ether oxygens (including phenoxy) is 1. The lowest BCUT2D eigenvalue weighted by Gasteiger charge is -2.37. The third-order valence-corrected chi connectivity index (χ3v) is 6.97. The largest absolute Gasteiger partial charge is 0.486 e. The molecule has 0 aliphatic carbocycles. The summed E-state index contributed by atoms with van der Waals surface area (Å²) >= 11 is 0. The number of hydrogen-bond acceptors (Lipinski definition) is 6. The van der Waals surface area contributed by atoms with Crippen molar-refractivity contribution in [3.8, 4) is 5.75 Å². The van der Waals surface area contributed by atoms with Crippen LogP contribution in [0.4, 0.5) is 0 Å². The van der Waals surface area contributed by atoms with Crippen LogP contribution in [-0.2, 0) is 19.6 Å². The number of carbonyl (C=O) groups is 2. The molecule has 0 radical (unpaired) electrons. The molecule has 1 unspecified atom stereocenters. The smallest absolute Gasteiger partial charge is 0.290 e. The van der Waals surface area contributed by atoms with E-state index < -0.39 is 0 Å². The number of carbonyl (C=O) groups excluding carboxylic acids is 2. The van der Waals surface area contributed by atoms with Crippen LogP contribution in [-0.4, -0.2) is 23.3 Å². The van der Waals surface area contributed by atoms with E-state index in [1.807, 2.05) is 42.2 Å². The number of benzene rings is 2. The lowest BCUT2D eigenvalue weighted by molar-refractivity contribution is 0.0661. The first kappa shape index (κ1) is 25.3. The quantitative estimate of drug-likeness (QED) is 0.258. The zero-order chi connectivity index (χ0) is 27.5. The SMILES string of the molecule is Cc1cccc(C2c3cc(OCc4ccc(C(=O)NCc5ccco5)o4)ccc3CCN2C(=O)c2ccco2)c1. The number of fused-ring (bicyclic) bond motifs is 1. The molecule has 202 valence electrons. The fourth-order valence-corrected chi connectivity index (χ4v) is 5.04.